The molecule has 0 saturated heterocycles. The van der Waals surface area contributed by atoms with E-state index in [1.165, 1.54) is 31.4 Å². The van der Waals surface area contributed by atoms with Crippen LogP contribution in [0.2, 0.25) is 0 Å². The Hall–Kier alpha value is -1.56. The molecular weight excluding hydrogens is 480 g/mol. The molecule has 0 aliphatic rings. The molecule has 0 atom stereocenters. The van der Waals surface area contributed by atoms with Crippen molar-refractivity contribution in [1.82, 2.24) is 9.97 Å². The van der Waals surface area contributed by atoms with Crippen LogP contribution in [0.25, 0.3) is 0 Å². The summed E-state index contributed by atoms with van der Waals surface area (Å²) in [7, 11) is 0. The topological polar surface area (TPSA) is 119 Å². The maximum Gasteiger partial charge on any atom is 0.185 e. The Morgan fingerprint density at radius 2 is 1.13 bits per heavy atom. The summed E-state index contributed by atoms with van der Waals surface area (Å²) in [5.74, 6) is 7.23. The summed E-state index contributed by atoms with van der Waals surface area (Å²) in [5.41, 5.74) is 17.2. The largest absolute Gasteiger partial charge is 0.370 e. The number of H-pyrrole nitrogens is 1. The van der Waals surface area contributed by atoms with Gasteiger partial charge in [-0.3, -0.25) is 4.99 Å². The molecule has 0 spiro atoms. The van der Waals surface area contributed by atoms with Gasteiger partial charge in [-0.1, -0.05) is 89.5 Å². The van der Waals surface area contributed by atoms with Crippen LogP contribution in [0.1, 0.15) is 121 Å². The van der Waals surface area contributed by atoms with Crippen LogP contribution in [0.5, 0.6) is 0 Å². The van der Waals surface area contributed by atoms with Crippen molar-refractivity contribution in [3.63, 3.8) is 0 Å². The number of nitrogens with two attached hydrogens (primary N) is 3. The number of nitrogens with one attached hydrogen (secondary N) is 1. The minimum atomic E-state index is 0.204. The number of guanidine groups is 1. The van der Waals surface area contributed by atoms with E-state index >= 15 is 0 Å². The fourth-order valence-corrected chi connectivity index (χ4v) is 5.82. The molecule has 6 heteroatoms. The van der Waals surface area contributed by atoms with E-state index in [1.807, 2.05) is 6.20 Å². The number of unbranched alkanes of at least 4 members (excludes halogenated alkanes) is 1. The van der Waals surface area contributed by atoms with Gasteiger partial charge in [-0.2, -0.15) is 0 Å². The zero-order chi connectivity index (χ0) is 30.5. The maximum absolute atomic E-state index is 5.47. The first kappa shape index (κ1) is 39.6. The van der Waals surface area contributed by atoms with Crippen molar-refractivity contribution in [2.24, 2.45) is 75.5 Å². The summed E-state index contributed by atoms with van der Waals surface area (Å²) < 4.78 is 0. The fourth-order valence-electron chi connectivity index (χ4n) is 5.82. The van der Waals surface area contributed by atoms with Crippen molar-refractivity contribution in [2.75, 3.05) is 13.1 Å². The number of aromatic amines is 1. The molecule has 0 bridgehead atoms. The lowest BCUT2D eigenvalue weighted by Crippen LogP contribution is -2.23. The van der Waals surface area contributed by atoms with Crippen LogP contribution < -0.4 is 17.2 Å². The summed E-state index contributed by atoms with van der Waals surface area (Å²) in [6, 6.07) is 0. The average molecular weight is 551 g/mol. The zero-order valence-electron chi connectivity index (χ0n) is 28.1. The summed E-state index contributed by atoms with van der Waals surface area (Å²) in [6.07, 6.45) is 10.9. The molecule has 0 amide bonds. The lowest BCUT2D eigenvalue weighted by Gasteiger charge is -2.24. The molecular formula is C33H70N6. The van der Waals surface area contributed by atoms with Gasteiger partial charge in [0, 0.05) is 18.4 Å². The van der Waals surface area contributed by atoms with E-state index < -0.39 is 0 Å². The van der Waals surface area contributed by atoms with Gasteiger partial charge >= 0.3 is 0 Å². The summed E-state index contributed by atoms with van der Waals surface area (Å²) in [4.78, 5) is 11.2. The number of aromatic nitrogens is 2. The van der Waals surface area contributed by atoms with Gasteiger partial charge in [0.1, 0.15) is 0 Å². The minimum absolute atomic E-state index is 0.204. The minimum Gasteiger partial charge on any atom is -0.370 e. The number of hydrogen-bond donors (Lipinski definition) is 4. The van der Waals surface area contributed by atoms with Crippen molar-refractivity contribution < 1.29 is 0 Å². The molecule has 39 heavy (non-hydrogen) atoms. The Bertz CT molecular complexity index is 648. The van der Waals surface area contributed by atoms with Crippen molar-refractivity contribution in [2.45, 2.75) is 122 Å². The highest BCUT2D eigenvalue weighted by Gasteiger charge is 2.18. The van der Waals surface area contributed by atoms with Crippen LogP contribution >= 0.6 is 0 Å². The molecule has 0 aliphatic heterocycles. The molecule has 1 aromatic heterocycles. The first-order valence-corrected chi connectivity index (χ1v) is 15.9. The molecule has 0 aromatic carbocycles. The SMILES string of the molecule is CC(C)C(CCCCN)C(C)C.CC(C)C(CCCN=C(N)N)C(C)C.CC(C)C(Cc1cnc[nH]1)C(C)C. The second kappa shape index (κ2) is 23.2. The molecule has 232 valence electrons. The summed E-state index contributed by atoms with van der Waals surface area (Å²) in [5, 5.41) is 0. The first-order valence-electron chi connectivity index (χ1n) is 15.9. The standard InChI is InChI=1S/C11H25N3.C11H20N2.C11H25N/c1-8(2)10(9(3)4)6-5-7-14-11(12)13;1-8(2)11(9(3)4)5-10-6-12-7-13-10;1-9(2)11(10(3)4)7-5-6-8-12/h8-10H,5-7H2,1-4H3,(H4,12,13,14);6-9,11H,5H2,1-4H3,(H,12,13);9-11H,5-8,12H2,1-4H3. The van der Waals surface area contributed by atoms with Crippen molar-refractivity contribution >= 4 is 5.96 Å². The van der Waals surface area contributed by atoms with Gasteiger partial charge in [-0.15, -0.1) is 0 Å². The third-order valence-electron chi connectivity index (χ3n) is 8.13. The van der Waals surface area contributed by atoms with E-state index in [0.717, 1.165) is 79.2 Å². The van der Waals surface area contributed by atoms with Crippen molar-refractivity contribution in [3.05, 3.63) is 18.2 Å². The molecule has 6 nitrogen and oxygen atoms in total. The Morgan fingerprint density at radius 1 is 0.692 bits per heavy atom. The van der Waals surface area contributed by atoms with Gasteiger partial charge in [0.25, 0.3) is 0 Å². The van der Waals surface area contributed by atoms with E-state index in [4.69, 9.17) is 17.2 Å². The number of nitrogens with zero attached hydrogens (tertiary/aromatic N) is 2. The second-order valence-electron chi connectivity index (χ2n) is 13.5. The van der Waals surface area contributed by atoms with E-state index in [-0.39, 0.29) is 5.96 Å². The Balaban J connectivity index is 0. The molecule has 7 N–H and O–H groups in total. The number of aliphatic imine (C=N–C) groups is 1. The highest BCUT2D eigenvalue weighted by molar-refractivity contribution is 5.75. The number of imidazole rings is 1. The Labute approximate surface area is 244 Å². The molecule has 0 unspecified atom stereocenters. The molecule has 0 aliphatic carbocycles. The lowest BCUT2D eigenvalue weighted by molar-refractivity contribution is 0.262. The summed E-state index contributed by atoms with van der Waals surface area (Å²) >= 11 is 0. The lowest BCUT2D eigenvalue weighted by atomic mass is 9.82. The molecule has 1 heterocycles. The number of rotatable bonds is 16. The van der Waals surface area contributed by atoms with Crippen molar-refractivity contribution in [3.8, 4) is 0 Å². The van der Waals surface area contributed by atoms with Gasteiger partial charge < -0.3 is 22.2 Å². The van der Waals surface area contributed by atoms with Gasteiger partial charge in [0.2, 0.25) is 0 Å². The molecule has 0 radical (unpaired) electrons. The van der Waals surface area contributed by atoms with E-state index in [1.54, 1.807) is 6.33 Å². The fraction of sp³-hybridized carbons (Fsp3) is 0.879. The van der Waals surface area contributed by atoms with E-state index in [2.05, 4.69) is 98.0 Å². The van der Waals surface area contributed by atoms with Crippen LogP contribution in [-0.2, 0) is 6.42 Å². The Kier molecular flexibility index (Phi) is 23.5. The summed E-state index contributed by atoms with van der Waals surface area (Å²) in [6.45, 7) is 29.2. The zero-order valence-corrected chi connectivity index (χ0v) is 28.1. The van der Waals surface area contributed by atoms with Gasteiger partial charge in [0.05, 0.1) is 6.33 Å². The maximum atomic E-state index is 5.47. The molecule has 0 fully saturated rings. The second-order valence-corrected chi connectivity index (χ2v) is 13.5. The molecule has 1 rings (SSSR count). The Morgan fingerprint density at radius 3 is 1.46 bits per heavy atom. The van der Waals surface area contributed by atoms with Gasteiger partial charge in [0.15, 0.2) is 5.96 Å². The van der Waals surface area contributed by atoms with Crippen LogP contribution in [0.4, 0.5) is 0 Å². The monoisotopic (exact) mass is 551 g/mol. The molecule has 1 aromatic rings. The van der Waals surface area contributed by atoms with E-state index in [0.29, 0.717) is 0 Å². The molecule has 0 saturated carbocycles. The third-order valence-corrected chi connectivity index (χ3v) is 8.13. The first-order chi connectivity index (χ1) is 18.1. The number of hydrogen-bond acceptors (Lipinski definition) is 3. The normalized spacial score (nSPS) is 11.7. The highest BCUT2D eigenvalue weighted by atomic mass is 15.0. The average Bonchev–Trinajstić information content (AvgIpc) is 3.33. The van der Waals surface area contributed by atoms with Crippen molar-refractivity contribution in [1.29, 1.82) is 0 Å². The van der Waals surface area contributed by atoms with E-state index in [9.17, 15) is 0 Å². The van der Waals surface area contributed by atoms with Gasteiger partial charge in [-0.05, 0) is 91.9 Å². The third kappa shape index (κ3) is 20.9. The highest BCUT2D eigenvalue weighted by Crippen LogP contribution is 2.26. The van der Waals surface area contributed by atoms with Gasteiger partial charge in [-0.25, -0.2) is 4.98 Å². The predicted molar refractivity (Wildman–Crippen MR) is 175 cm³/mol. The predicted octanol–water partition coefficient (Wildman–Crippen LogP) is 7.89. The van der Waals surface area contributed by atoms with Crippen LogP contribution in [0.3, 0.4) is 0 Å². The quantitative estimate of drug-likeness (QED) is 0.0950. The smallest absolute Gasteiger partial charge is 0.185 e. The van der Waals surface area contributed by atoms with Crippen LogP contribution in [0, 0.1) is 53.3 Å². The van der Waals surface area contributed by atoms with Crippen LogP contribution in [-0.4, -0.2) is 29.0 Å². The van der Waals surface area contributed by atoms with Crippen LogP contribution in [0.15, 0.2) is 17.5 Å².